The van der Waals surface area contributed by atoms with Gasteiger partial charge in [-0.05, 0) is 24.7 Å². The molecule has 0 bridgehead atoms. The molecule has 168 valence electrons. The van der Waals surface area contributed by atoms with E-state index in [4.69, 9.17) is 35.5 Å². The molecule has 2 rings (SSSR count). The van der Waals surface area contributed by atoms with Crippen LogP contribution in [0.3, 0.4) is 0 Å². The minimum absolute atomic E-state index is 0. The first-order chi connectivity index (χ1) is 13.2. The van der Waals surface area contributed by atoms with E-state index in [0.717, 1.165) is 7.11 Å². The van der Waals surface area contributed by atoms with Crippen LogP contribution in [0, 0.1) is 11.8 Å². The molecule has 2 aliphatic heterocycles. The third-order valence-electron chi connectivity index (χ3n) is 4.55. The van der Waals surface area contributed by atoms with Crippen molar-refractivity contribution >= 4 is 11.9 Å². The number of carbonyl (C=O) groups excluding carboxylic acids is 2. The Morgan fingerprint density at radius 1 is 0.893 bits per heavy atom. The molecule has 6 atom stereocenters. The summed E-state index contributed by atoms with van der Waals surface area (Å²) in [4.78, 5) is 24.2. The maximum atomic E-state index is 12.1. The van der Waals surface area contributed by atoms with E-state index in [9.17, 15) is 9.59 Å². The maximum Gasteiger partial charge on any atom is 0.323 e. The molecular formula is C19H40N2O7. The molecule has 6 unspecified atom stereocenters. The number of fused-ring (bicyclic) bond motifs is 1. The van der Waals surface area contributed by atoms with Gasteiger partial charge in [-0.3, -0.25) is 9.59 Å². The van der Waals surface area contributed by atoms with Crippen LogP contribution in [-0.4, -0.2) is 73.9 Å². The third-order valence-corrected chi connectivity index (χ3v) is 4.55. The molecule has 28 heavy (non-hydrogen) atoms. The summed E-state index contributed by atoms with van der Waals surface area (Å²) in [6.45, 7) is 8.36. The van der Waals surface area contributed by atoms with Gasteiger partial charge in [0, 0.05) is 9.96 Å². The fourth-order valence-electron chi connectivity index (χ4n) is 3.31. The predicted molar refractivity (Wildman–Crippen MR) is 106 cm³/mol. The lowest BCUT2D eigenvalue weighted by Gasteiger charge is -2.20. The number of nitrogens with two attached hydrogens (primary N) is 2. The first-order valence-electron chi connectivity index (χ1n) is 9.79. The molecule has 0 saturated carbocycles. The number of rotatable bonds is 8. The maximum absolute atomic E-state index is 12.1. The standard InChI is InChI=1S/C18H32N2O6.CH4O.2H2/c1-9(2)5-11(19)17(21)25-13-7-23-16-14(8-24-15(13)16)26-18(22)12(20)6-10(3)4;1-2;;/h9-16H,5-8,19-20H2,1-4H3;2H,1H3;2*1H. The summed E-state index contributed by atoms with van der Waals surface area (Å²) in [6.07, 6.45) is -0.892. The SMILES string of the molecule is CC(C)CC(N)C(=O)OC1COC2C(OC(=O)C(N)CC(C)C)COC12.CO.[HH].[HH]. The highest BCUT2D eigenvalue weighted by Crippen LogP contribution is 2.31. The van der Waals surface area contributed by atoms with Crippen molar-refractivity contribution in [1.82, 2.24) is 0 Å². The third kappa shape index (κ3) is 6.97. The Bertz CT molecular complexity index is 467. The van der Waals surface area contributed by atoms with Crippen molar-refractivity contribution < 1.29 is 36.5 Å². The normalized spacial score (nSPS) is 28.4. The number of esters is 2. The Hall–Kier alpha value is -1.26. The van der Waals surface area contributed by atoms with Crippen LogP contribution in [0.15, 0.2) is 0 Å². The van der Waals surface area contributed by atoms with Crippen molar-refractivity contribution in [2.45, 2.75) is 77.0 Å². The van der Waals surface area contributed by atoms with Gasteiger partial charge in [0.2, 0.25) is 0 Å². The smallest absolute Gasteiger partial charge is 0.323 e. The van der Waals surface area contributed by atoms with Crippen molar-refractivity contribution in [2.75, 3.05) is 20.3 Å². The highest BCUT2D eigenvalue weighted by Gasteiger charge is 2.51. The van der Waals surface area contributed by atoms with E-state index in [2.05, 4.69) is 0 Å². The van der Waals surface area contributed by atoms with E-state index in [1.807, 2.05) is 27.7 Å². The summed E-state index contributed by atoms with van der Waals surface area (Å²) in [6, 6.07) is -1.34. The van der Waals surface area contributed by atoms with Crippen LogP contribution in [0.25, 0.3) is 0 Å². The second-order valence-electron chi connectivity index (χ2n) is 8.02. The Kier molecular flexibility index (Phi) is 10.3. The fourth-order valence-corrected chi connectivity index (χ4v) is 3.31. The molecule has 0 aromatic carbocycles. The van der Waals surface area contributed by atoms with Crippen molar-refractivity contribution in [3.05, 3.63) is 0 Å². The number of aliphatic hydroxyl groups is 1. The predicted octanol–water partition coefficient (Wildman–Crippen LogP) is 0.455. The van der Waals surface area contributed by atoms with E-state index >= 15 is 0 Å². The van der Waals surface area contributed by atoms with Gasteiger partial charge >= 0.3 is 11.9 Å². The van der Waals surface area contributed by atoms with Crippen LogP contribution in [0.5, 0.6) is 0 Å². The fraction of sp³-hybridized carbons (Fsp3) is 0.895. The highest BCUT2D eigenvalue weighted by atomic mass is 16.7. The van der Waals surface area contributed by atoms with Gasteiger partial charge < -0.3 is 35.5 Å². The Labute approximate surface area is 170 Å². The van der Waals surface area contributed by atoms with Gasteiger partial charge in [-0.1, -0.05) is 27.7 Å². The Balaban J connectivity index is 0. The van der Waals surface area contributed by atoms with Crippen LogP contribution < -0.4 is 11.5 Å². The zero-order valence-corrected chi connectivity index (χ0v) is 17.5. The molecular weight excluding hydrogens is 368 g/mol. The molecule has 2 saturated heterocycles. The summed E-state index contributed by atoms with van der Waals surface area (Å²) in [5.74, 6) is -0.328. The number of carbonyl (C=O) groups is 2. The number of ether oxygens (including phenoxy) is 4. The zero-order valence-electron chi connectivity index (χ0n) is 17.5. The number of hydrogen-bond acceptors (Lipinski definition) is 9. The van der Waals surface area contributed by atoms with Crippen molar-refractivity contribution in [2.24, 2.45) is 23.3 Å². The van der Waals surface area contributed by atoms with E-state index in [1.54, 1.807) is 0 Å². The van der Waals surface area contributed by atoms with Gasteiger partial charge in [0.1, 0.15) is 24.3 Å². The molecule has 0 aliphatic carbocycles. The summed E-state index contributed by atoms with van der Waals surface area (Å²) in [5, 5.41) is 7.00. The van der Waals surface area contributed by atoms with E-state index in [1.165, 1.54) is 0 Å². The summed E-state index contributed by atoms with van der Waals surface area (Å²) >= 11 is 0. The van der Waals surface area contributed by atoms with E-state index < -0.39 is 48.4 Å². The van der Waals surface area contributed by atoms with Gasteiger partial charge in [-0.25, -0.2) is 0 Å². The van der Waals surface area contributed by atoms with Gasteiger partial charge in [0.25, 0.3) is 0 Å². The van der Waals surface area contributed by atoms with Gasteiger partial charge in [0.15, 0.2) is 12.2 Å². The summed E-state index contributed by atoms with van der Waals surface area (Å²) in [7, 11) is 1.00. The van der Waals surface area contributed by atoms with E-state index in [0.29, 0.717) is 24.7 Å². The second-order valence-corrected chi connectivity index (χ2v) is 8.02. The first kappa shape index (κ1) is 24.8. The van der Waals surface area contributed by atoms with Crippen LogP contribution in [-0.2, 0) is 28.5 Å². The summed E-state index contributed by atoms with van der Waals surface area (Å²) in [5.41, 5.74) is 11.7. The van der Waals surface area contributed by atoms with E-state index in [-0.39, 0.29) is 16.1 Å². The minimum Gasteiger partial charge on any atom is -0.456 e. The molecule has 9 nitrogen and oxygen atoms in total. The zero-order chi connectivity index (χ0) is 21.4. The summed E-state index contributed by atoms with van der Waals surface area (Å²) < 4.78 is 22.3. The Morgan fingerprint density at radius 2 is 1.21 bits per heavy atom. The molecule has 2 heterocycles. The minimum atomic E-state index is -0.668. The second kappa shape index (κ2) is 11.7. The number of aliphatic hydroxyl groups excluding tert-OH is 1. The highest BCUT2D eigenvalue weighted by molar-refractivity contribution is 5.76. The van der Waals surface area contributed by atoms with Gasteiger partial charge in [-0.15, -0.1) is 0 Å². The largest absolute Gasteiger partial charge is 0.456 e. The molecule has 0 aromatic heterocycles. The molecule has 0 aromatic rings. The molecule has 0 spiro atoms. The lowest BCUT2D eigenvalue weighted by molar-refractivity contribution is -0.157. The van der Waals surface area contributed by atoms with Crippen molar-refractivity contribution in [3.63, 3.8) is 0 Å². The van der Waals surface area contributed by atoms with Crippen LogP contribution in [0.4, 0.5) is 0 Å². The topological polar surface area (TPSA) is 143 Å². The van der Waals surface area contributed by atoms with Crippen molar-refractivity contribution in [3.8, 4) is 0 Å². The monoisotopic (exact) mass is 408 g/mol. The molecule has 9 heteroatoms. The number of hydrogen-bond donors (Lipinski definition) is 3. The molecule has 2 fully saturated rings. The first-order valence-corrected chi connectivity index (χ1v) is 9.79. The van der Waals surface area contributed by atoms with Crippen LogP contribution in [0.1, 0.15) is 43.4 Å². The average molecular weight is 409 g/mol. The molecule has 5 N–H and O–H groups in total. The Morgan fingerprint density at radius 3 is 1.50 bits per heavy atom. The molecule has 0 amide bonds. The lowest BCUT2D eigenvalue weighted by atomic mass is 10.0. The van der Waals surface area contributed by atoms with Gasteiger partial charge in [0.05, 0.1) is 13.2 Å². The average Bonchev–Trinajstić information content (AvgIpc) is 3.19. The van der Waals surface area contributed by atoms with Crippen molar-refractivity contribution in [1.29, 1.82) is 0 Å². The molecule has 2 aliphatic rings. The lowest BCUT2D eigenvalue weighted by Crippen LogP contribution is -2.42. The van der Waals surface area contributed by atoms with Crippen LogP contribution in [0.2, 0.25) is 0 Å². The van der Waals surface area contributed by atoms with Gasteiger partial charge in [-0.2, -0.15) is 0 Å². The van der Waals surface area contributed by atoms with Crippen LogP contribution >= 0.6 is 0 Å². The molecule has 0 radical (unpaired) electrons. The quantitative estimate of drug-likeness (QED) is 0.488.